The summed E-state index contributed by atoms with van der Waals surface area (Å²) in [6.07, 6.45) is 3.32. The fourth-order valence-corrected chi connectivity index (χ4v) is 2.74. The third kappa shape index (κ3) is 3.21. The van der Waals surface area contributed by atoms with Gasteiger partial charge in [-0.15, -0.1) is 0 Å². The number of anilines is 2. The zero-order chi connectivity index (χ0) is 16.1. The lowest BCUT2D eigenvalue weighted by atomic mass is 10.2. The van der Waals surface area contributed by atoms with Gasteiger partial charge in [-0.2, -0.15) is 0 Å². The first-order chi connectivity index (χ1) is 10.7. The highest BCUT2D eigenvalue weighted by Crippen LogP contribution is 2.32. The number of ether oxygens (including phenoxy) is 1. The van der Waals surface area contributed by atoms with E-state index in [4.69, 9.17) is 4.74 Å². The summed E-state index contributed by atoms with van der Waals surface area (Å²) in [6.45, 7) is 5.96. The molecule has 4 heteroatoms. The minimum atomic E-state index is 0.848. The Morgan fingerprint density at radius 3 is 2.36 bits per heavy atom. The molecule has 0 fully saturated rings. The Balaban J connectivity index is 0.000000847. The van der Waals surface area contributed by atoms with Crippen LogP contribution in [-0.2, 0) is 12.8 Å². The second-order valence-electron chi connectivity index (χ2n) is 5.13. The van der Waals surface area contributed by atoms with E-state index in [-0.39, 0.29) is 0 Å². The fraction of sp³-hybridized carbons (Fsp3) is 0.444. The van der Waals surface area contributed by atoms with Crippen molar-refractivity contribution >= 4 is 11.5 Å². The average molecular weight is 299 g/mol. The first-order valence-electron chi connectivity index (χ1n) is 7.93. The highest BCUT2D eigenvalue weighted by Gasteiger charge is 2.21. The summed E-state index contributed by atoms with van der Waals surface area (Å²) in [5, 5.41) is 0. The lowest BCUT2D eigenvalue weighted by molar-refractivity contribution is 0.415. The van der Waals surface area contributed by atoms with Crippen LogP contribution in [0.3, 0.4) is 0 Å². The number of aryl methyl sites for hydroxylation is 2. The van der Waals surface area contributed by atoms with Gasteiger partial charge in [0.1, 0.15) is 17.4 Å². The van der Waals surface area contributed by atoms with Crippen molar-refractivity contribution in [2.45, 2.75) is 40.0 Å². The van der Waals surface area contributed by atoms with Crippen molar-refractivity contribution in [1.82, 2.24) is 9.97 Å². The standard InChI is InChI=1S/C16H19N3O.C2H6/c1-11-17-15-6-4-5-14(15)16(18-11)19(2)12-7-9-13(20-3)10-8-12;1-2/h7-10H,4-6H2,1-3H3;1-2H3. The Morgan fingerprint density at radius 1 is 1.05 bits per heavy atom. The summed E-state index contributed by atoms with van der Waals surface area (Å²) >= 11 is 0. The van der Waals surface area contributed by atoms with Gasteiger partial charge in [0.2, 0.25) is 0 Å². The molecule has 0 unspecified atom stereocenters. The number of fused-ring (bicyclic) bond motifs is 1. The Morgan fingerprint density at radius 2 is 1.73 bits per heavy atom. The van der Waals surface area contributed by atoms with Gasteiger partial charge in [-0.1, -0.05) is 13.8 Å². The summed E-state index contributed by atoms with van der Waals surface area (Å²) in [6, 6.07) is 8.05. The molecule has 1 aromatic carbocycles. The average Bonchev–Trinajstić information content (AvgIpc) is 3.03. The van der Waals surface area contributed by atoms with Gasteiger partial charge in [0, 0.05) is 24.0 Å². The third-order valence-electron chi connectivity index (χ3n) is 3.80. The van der Waals surface area contributed by atoms with E-state index < -0.39 is 0 Å². The molecular weight excluding hydrogens is 274 g/mol. The van der Waals surface area contributed by atoms with E-state index >= 15 is 0 Å². The minimum Gasteiger partial charge on any atom is -0.497 e. The molecule has 1 heterocycles. The minimum absolute atomic E-state index is 0.848. The lowest BCUT2D eigenvalue weighted by Gasteiger charge is -2.21. The first-order valence-corrected chi connectivity index (χ1v) is 7.93. The molecule has 118 valence electrons. The van der Waals surface area contributed by atoms with Gasteiger partial charge in [-0.3, -0.25) is 0 Å². The number of rotatable bonds is 3. The molecule has 0 spiro atoms. The van der Waals surface area contributed by atoms with E-state index in [1.165, 1.54) is 17.7 Å². The molecule has 0 amide bonds. The van der Waals surface area contributed by atoms with E-state index in [2.05, 4.69) is 34.0 Å². The predicted octanol–water partition coefficient (Wildman–Crippen LogP) is 4.08. The number of hydrogen-bond donors (Lipinski definition) is 0. The zero-order valence-corrected chi connectivity index (χ0v) is 14.2. The van der Waals surface area contributed by atoms with Crippen LogP contribution in [0.4, 0.5) is 11.5 Å². The van der Waals surface area contributed by atoms with Gasteiger partial charge in [-0.05, 0) is 50.5 Å². The van der Waals surface area contributed by atoms with Crippen molar-refractivity contribution in [3.8, 4) is 5.75 Å². The molecule has 0 radical (unpaired) electrons. The van der Waals surface area contributed by atoms with Crippen LogP contribution in [0.1, 0.15) is 37.4 Å². The largest absolute Gasteiger partial charge is 0.497 e. The summed E-state index contributed by atoms with van der Waals surface area (Å²) in [4.78, 5) is 11.3. The van der Waals surface area contributed by atoms with Crippen LogP contribution < -0.4 is 9.64 Å². The Labute approximate surface area is 133 Å². The molecule has 4 nitrogen and oxygen atoms in total. The highest BCUT2D eigenvalue weighted by atomic mass is 16.5. The molecule has 0 atom stereocenters. The molecule has 0 saturated carbocycles. The zero-order valence-electron chi connectivity index (χ0n) is 14.2. The molecule has 3 rings (SSSR count). The van der Waals surface area contributed by atoms with E-state index in [1.807, 2.05) is 32.9 Å². The molecule has 0 saturated heterocycles. The second-order valence-corrected chi connectivity index (χ2v) is 5.13. The summed E-state index contributed by atoms with van der Waals surface area (Å²) < 4.78 is 5.20. The van der Waals surface area contributed by atoms with Crippen LogP contribution in [0, 0.1) is 6.92 Å². The summed E-state index contributed by atoms with van der Waals surface area (Å²) in [5.41, 5.74) is 3.62. The molecule has 1 aliphatic rings. The smallest absolute Gasteiger partial charge is 0.139 e. The van der Waals surface area contributed by atoms with Gasteiger partial charge in [-0.25, -0.2) is 9.97 Å². The molecule has 0 aliphatic heterocycles. The maximum absolute atomic E-state index is 5.20. The molecule has 22 heavy (non-hydrogen) atoms. The van der Waals surface area contributed by atoms with Gasteiger partial charge >= 0.3 is 0 Å². The van der Waals surface area contributed by atoms with Crippen LogP contribution in [0.15, 0.2) is 24.3 Å². The number of aromatic nitrogens is 2. The molecular formula is C18H25N3O. The topological polar surface area (TPSA) is 38.2 Å². The molecule has 1 aliphatic carbocycles. The van der Waals surface area contributed by atoms with E-state index in [0.717, 1.165) is 35.9 Å². The van der Waals surface area contributed by atoms with E-state index in [9.17, 15) is 0 Å². The van der Waals surface area contributed by atoms with Gasteiger partial charge in [0.05, 0.1) is 7.11 Å². The predicted molar refractivity (Wildman–Crippen MR) is 91.2 cm³/mol. The van der Waals surface area contributed by atoms with Gasteiger partial charge in [0.25, 0.3) is 0 Å². The highest BCUT2D eigenvalue weighted by molar-refractivity contribution is 5.64. The van der Waals surface area contributed by atoms with E-state index in [1.54, 1.807) is 7.11 Å². The third-order valence-corrected chi connectivity index (χ3v) is 3.80. The van der Waals surface area contributed by atoms with Crippen molar-refractivity contribution in [2.24, 2.45) is 0 Å². The lowest BCUT2D eigenvalue weighted by Crippen LogP contribution is -2.15. The molecule has 0 N–H and O–H groups in total. The normalized spacial score (nSPS) is 12.2. The van der Waals surface area contributed by atoms with Crippen LogP contribution in [0.2, 0.25) is 0 Å². The van der Waals surface area contributed by atoms with E-state index in [0.29, 0.717) is 0 Å². The van der Waals surface area contributed by atoms with Crippen molar-refractivity contribution in [2.75, 3.05) is 19.1 Å². The van der Waals surface area contributed by atoms with Gasteiger partial charge in [0.15, 0.2) is 0 Å². The summed E-state index contributed by atoms with van der Waals surface area (Å²) in [7, 11) is 3.74. The SMILES string of the molecule is CC.COc1ccc(N(C)c2nc(C)nc3c2CCC3)cc1. The summed E-state index contributed by atoms with van der Waals surface area (Å²) in [5.74, 6) is 2.75. The molecule has 2 aromatic rings. The number of nitrogens with zero attached hydrogens (tertiary/aromatic N) is 3. The van der Waals surface area contributed by atoms with Crippen LogP contribution in [0.25, 0.3) is 0 Å². The van der Waals surface area contributed by atoms with Crippen LogP contribution in [0.5, 0.6) is 5.75 Å². The van der Waals surface area contributed by atoms with Crippen molar-refractivity contribution in [3.05, 3.63) is 41.3 Å². The first kappa shape index (κ1) is 16.3. The monoisotopic (exact) mass is 299 g/mol. The number of methoxy groups -OCH3 is 1. The van der Waals surface area contributed by atoms with Crippen molar-refractivity contribution in [3.63, 3.8) is 0 Å². The maximum Gasteiger partial charge on any atom is 0.139 e. The number of benzene rings is 1. The van der Waals surface area contributed by atoms with Gasteiger partial charge < -0.3 is 9.64 Å². The Hall–Kier alpha value is -2.10. The Bertz CT molecular complexity index is 623. The Kier molecular flexibility index (Phi) is 5.36. The van der Waals surface area contributed by atoms with Crippen LogP contribution >= 0.6 is 0 Å². The quantitative estimate of drug-likeness (QED) is 0.856. The molecule has 1 aromatic heterocycles. The van der Waals surface area contributed by atoms with Crippen molar-refractivity contribution < 1.29 is 4.74 Å². The number of hydrogen-bond acceptors (Lipinski definition) is 4. The molecule has 0 bridgehead atoms. The van der Waals surface area contributed by atoms with Crippen molar-refractivity contribution in [1.29, 1.82) is 0 Å². The second kappa shape index (κ2) is 7.25. The van der Waals surface area contributed by atoms with Crippen LogP contribution in [-0.4, -0.2) is 24.1 Å². The maximum atomic E-state index is 5.20. The fourth-order valence-electron chi connectivity index (χ4n) is 2.74.